The molecule has 1 aromatic carbocycles. The smallest absolute Gasteiger partial charge is 0.321 e. The van der Waals surface area contributed by atoms with Crippen LogP contribution < -0.4 is 5.32 Å². The fraction of sp³-hybridized carbons (Fsp3) is 0.429. The van der Waals surface area contributed by atoms with Crippen LogP contribution in [-0.2, 0) is 24.3 Å². The number of hydrogen-bond donors (Lipinski definition) is 1. The molecule has 0 aliphatic heterocycles. The van der Waals surface area contributed by atoms with Gasteiger partial charge in [-0.1, -0.05) is 6.92 Å². The van der Waals surface area contributed by atoms with Gasteiger partial charge in [-0.05, 0) is 30.7 Å². The van der Waals surface area contributed by atoms with E-state index in [9.17, 15) is 22.4 Å². The fourth-order valence-electron chi connectivity index (χ4n) is 1.56. The van der Waals surface area contributed by atoms with Crippen LogP contribution in [0.5, 0.6) is 0 Å². The number of halogens is 1. The van der Waals surface area contributed by atoms with Crippen LogP contribution in [0.25, 0.3) is 0 Å². The molecule has 0 bridgehead atoms. The molecule has 0 aromatic heterocycles. The zero-order chi connectivity index (χ0) is 17.5. The van der Waals surface area contributed by atoms with Crippen molar-refractivity contribution < 1.29 is 27.1 Å². The summed E-state index contributed by atoms with van der Waals surface area (Å²) in [6.07, 6.45) is 0.748. The first-order chi connectivity index (χ1) is 10.8. The molecule has 0 saturated heterocycles. The van der Waals surface area contributed by atoms with Gasteiger partial charge in [0.2, 0.25) is 10.0 Å². The Morgan fingerprint density at radius 1 is 1.26 bits per heavy atom. The van der Waals surface area contributed by atoms with E-state index in [0.29, 0.717) is 6.54 Å². The van der Waals surface area contributed by atoms with Crippen LogP contribution in [0.1, 0.15) is 13.3 Å². The fourth-order valence-corrected chi connectivity index (χ4v) is 2.68. The Morgan fingerprint density at radius 3 is 2.43 bits per heavy atom. The summed E-state index contributed by atoms with van der Waals surface area (Å²) in [6, 6.07) is 4.23. The minimum Gasteiger partial charge on any atom is -0.455 e. The van der Waals surface area contributed by atoms with Gasteiger partial charge in [0.15, 0.2) is 6.61 Å². The summed E-state index contributed by atoms with van der Waals surface area (Å²) in [5.41, 5.74) is 0. The van der Waals surface area contributed by atoms with Crippen molar-refractivity contribution in [2.75, 3.05) is 26.7 Å². The Kier molecular flexibility index (Phi) is 7.11. The quantitative estimate of drug-likeness (QED) is 0.693. The third-order valence-electron chi connectivity index (χ3n) is 2.81. The zero-order valence-corrected chi connectivity index (χ0v) is 13.7. The molecule has 1 aromatic rings. The monoisotopic (exact) mass is 346 g/mol. The molecule has 128 valence electrons. The first-order valence-corrected chi connectivity index (χ1v) is 8.35. The van der Waals surface area contributed by atoms with Crippen molar-refractivity contribution in [3.05, 3.63) is 30.1 Å². The molecule has 9 heteroatoms. The summed E-state index contributed by atoms with van der Waals surface area (Å²) in [6.45, 7) is 1.32. The Balaban J connectivity index is 2.57. The number of carbonyl (C=O) groups is 2. The van der Waals surface area contributed by atoms with E-state index in [4.69, 9.17) is 4.74 Å². The molecule has 7 nitrogen and oxygen atoms in total. The predicted octanol–water partition coefficient (Wildman–Crippen LogP) is 0.516. The van der Waals surface area contributed by atoms with Gasteiger partial charge in [0.25, 0.3) is 5.91 Å². The zero-order valence-electron chi connectivity index (χ0n) is 12.9. The summed E-state index contributed by atoms with van der Waals surface area (Å²) in [5.74, 6) is -1.88. The number of likely N-dealkylation sites (N-methyl/N-ethyl adjacent to an activating group) is 1. The van der Waals surface area contributed by atoms with Crippen molar-refractivity contribution in [3.63, 3.8) is 0 Å². The lowest BCUT2D eigenvalue weighted by Crippen LogP contribution is -2.35. The summed E-state index contributed by atoms with van der Waals surface area (Å²) >= 11 is 0. The predicted molar refractivity (Wildman–Crippen MR) is 80.5 cm³/mol. The van der Waals surface area contributed by atoms with Gasteiger partial charge in [-0.15, -0.1) is 0 Å². The van der Waals surface area contributed by atoms with Gasteiger partial charge >= 0.3 is 5.97 Å². The maximum Gasteiger partial charge on any atom is 0.321 e. The maximum atomic E-state index is 12.8. The third kappa shape index (κ3) is 5.95. The number of benzene rings is 1. The van der Waals surface area contributed by atoms with Crippen LogP contribution >= 0.6 is 0 Å². The number of nitrogens with zero attached hydrogens (tertiary/aromatic N) is 1. The highest BCUT2D eigenvalue weighted by Crippen LogP contribution is 2.14. The molecule has 0 aliphatic rings. The number of nitrogens with one attached hydrogen (secondary N) is 1. The number of carbonyl (C=O) groups excluding carboxylic acids is 2. The molecule has 1 N–H and O–H groups in total. The van der Waals surface area contributed by atoms with Gasteiger partial charge in [0.05, 0.1) is 4.90 Å². The molecule has 0 atom stereocenters. The standard InChI is InChI=1S/C14H19FN2O5S/c1-3-8-16-13(18)10-22-14(19)9-17(2)23(20,21)12-6-4-11(15)5-7-12/h4-7H,3,8-10H2,1-2H3,(H,16,18). The van der Waals surface area contributed by atoms with Crippen LogP contribution in [0.3, 0.4) is 0 Å². The molecule has 1 rings (SSSR count). The molecule has 0 heterocycles. The molecule has 0 radical (unpaired) electrons. The number of rotatable bonds is 8. The van der Waals surface area contributed by atoms with Crippen LogP contribution in [0.15, 0.2) is 29.2 Å². The van der Waals surface area contributed by atoms with Gasteiger partial charge in [-0.2, -0.15) is 4.31 Å². The average molecular weight is 346 g/mol. The molecule has 0 unspecified atom stereocenters. The minimum atomic E-state index is -3.94. The Morgan fingerprint density at radius 2 is 1.87 bits per heavy atom. The van der Waals surface area contributed by atoms with E-state index in [2.05, 4.69) is 5.32 Å². The number of hydrogen-bond acceptors (Lipinski definition) is 5. The Bertz CT molecular complexity index is 646. The summed E-state index contributed by atoms with van der Waals surface area (Å²) < 4.78 is 42.7. The van der Waals surface area contributed by atoms with E-state index < -0.39 is 40.9 Å². The Labute approximate surface area is 134 Å². The third-order valence-corrected chi connectivity index (χ3v) is 4.63. The van der Waals surface area contributed by atoms with Gasteiger partial charge in [0, 0.05) is 13.6 Å². The molecular formula is C14H19FN2O5S. The number of amides is 1. The lowest BCUT2D eigenvalue weighted by molar-refractivity contribution is -0.148. The lowest BCUT2D eigenvalue weighted by Gasteiger charge is -2.16. The normalized spacial score (nSPS) is 11.3. The molecule has 1 amide bonds. The van der Waals surface area contributed by atoms with Crippen molar-refractivity contribution in [2.24, 2.45) is 0 Å². The largest absolute Gasteiger partial charge is 0.455 e. The number of ether oxygens (including phenoxy) is 1. The molecule has 0 fully saturated rings. The lowest BCUT2D eigenvalue weighted by atomic mass is 10.4. The second kappa shape index (κ2) is 8.59. The number of esters is 1. The molecule has 0 saturated carbocycles. The highest BCUT2D eigenvalue weighted by Gasteiger charge is 2.23. The van der Waals surface area contributed by atoms with Crippen LogP contribution in [0, 0.1) is 5.82 Å². The highest BCUT2D eigenvalue weighted by molar-refractivity contribution is 7.89. The SMILES string of the molecule is CCCNC(=O)COC(=O)CN(C)S(=O)(=O)c1ccc(F)cc1. The van der Waals surface area contributed by atoms with Crippen molar-refractivity contribution in [2.45, 2.75) is 18.2 Å². The molecule has 0 spiro atoms. The first kappa shape index (κ1) is 19.0. The van der Waals surface area contributed by atoms with E-state index in [1.54, 1.807) is 0 Å². The van der Waals surface area contributed by atoms with E-state index in [0.717, 1.165) is 35.0 Å². The van der Waals surface area contributed by atoms with Gasteiger partial charge in [-0.25, -0.2) is 12.8 Å². The van der Waals surface area contributed by atoms with E-state index in [-0.39, 0.29) is 4.90 Å². The van der Waals surface area contributed by atoms with Crippen molar-refractivity contribution in [1.82, 2.24) is 9.62 Å². The van der Waals surface area contributed by atoms with Crippen LogP contribution in [0.2, 0.25) is 0 Å². The number of sulfonamides is 1. The van der Waals surface area contributed by atoms with E-state index in [1.165, 1.54) is 7.05 Å². The van der Waals surface area contributed by atoms with Crippen molar-refractivity contribution >= 4 is 21.9 Å². The van der Waals surface area contributed by atoms with Gasteiger partial charge in [0.1, 0.15) is 12.4 Å². The first-order valence-electron chi connectivity index (χ1n) is 6.91. The minimum absolute atomic E-state index is 0.144. The highest BCUT2D eigenvalue weighted by atomic mass is 32.2. The summed E-state index contributed by atoms with van der Waals surface area (Å²) in [5, 5.41) is 2.52. The van der Waals surface area contributed by atoms with Crippen molar-refractivity contribution in [3.8, 4) is 0 Å². The summed E-state index contributed by atoms with van der Waals surface area (Å²) in [4.78, 5) is 22.7. The van der Waals surface area contributed by atoms with Crippen molar-refractivity contribution in [1.29, 1.82) is 0 Å². The van der Waals surface area contributed by atoms with E-state index >= 15 is 0 Å². The Hall–Kier alpha value is -2.00. The van der Waals surface area contributed by atoms with Gasteiger partial charge < -0.3 is 10.1 Å². The topological polar surface area (TPSA) is 92.8 Å². The second-order valence-electron chi connectivity index (χ2n) is 4.73. The van der Waals surface area contributed by atoms with Crippen LogP contribution in [0.4, 0.5) is 4.39 Å². The maximum absolute atomic E-state index is 12.8. The van der Waals surface area contributed by atoms with Crippen LogP contribution in [-0.4, -0.2) is 51.3 Å². The van der Waals surface area contributed by atoms with Gasteiger partial charge in [-0.3, -0.25) is 9.59 Å². The second-order valence-corrected chi connectivity index (χ2v) is 6.77. The summed E-state index contributed by atoms with van der Waals surface area (Å²) in [7, 11) is -2.75. The molecular weight excluding hydrogens is 327 g/mol. The molecule has 23 heavy (non-hydrogen) atoms. The van der Waals surface area contributed by atoms with E-state index in [1.807, 2.05) is 6.92 Å². The molecule has 0 aliphatic carbocycles. The average Bonchev–Trinajstić information content (AvgIpc) is 2.51.